The molecule has 0 spiro atoms. The molecule has 112 valence electrons. The number of imidazole rings is 1. The van der Waals surface area contributed by atoms with E-state index < -0.39 is 0 Å². The van der Waals surface area contributed by atoms with Crippen LogP contribution in [0.5, 0.6) is 0 Å². The number of nitrogens with zero attached hydrogens (tertiary/aromatic N) is 4. The molecular weight excluding hydrogens is 284 g/mol. The van der Waals surface area contributed by atoms with Crippen molar-refractivity contribution in [3.63, 3.8) is 0 Å². The van der Waals surface area contributed by atoms with Crippen LogP contribution in [0.4, 0.5) is 0 Å². The second-order valence-corrected chi connectivity index (χ2v) is 5.63. The standard InChI is InChI=1S/C16H21ClN4/c1-4-12(2)20(3)7-8-21-15-9-13(11-18)5-6-14(15)19-16(21)10-17/h5-6,9,12H,4,7-8,10H2,1-3H3. The molecule has 0 aliphatic rings. The highest BCUT2D eigenvalue weighted by atomic mass is 35.5. The molecule has 2 rings (SSSR count). The lowest BCUT2D eigenvalue weighted by molar-refractivity contribution is 0.243. The third-order valence-electron chi connectivity index (χ3n) is 4.10. The number of benzene rings is 1. The molecule has 0 saturated heterocycles. The van der Waals surface area contributed by atoms with Gasteiger partial charge in [-0.1, -0.05) is 6.92 Å². The van der Waals surface area contributed by atoms with E-state index in [0.29, 0.717) is 17.5 Å². The molecule has 0 bridgehead atoms. The molecule has 1 aromatic carbocycles. The highest BCUT2D eigenvalue weighted by Crippen LogP contribution is 2.19. The van der Waals surface area contributed by atoms with Crippen molar-refractivity contribution in [3.05, 3.63) is 29.6 Å². The number of likely N-dealkylation sites (N-methyl/N-ethyl adjacent to an activating group) is 1. The van der Waals surface area contributed by atoms with E-state index >= 15 is 0 Å². The van der Waals surface area contributed by atoms with E-state index in [1.165, 1.54) is 0 Å². The van der Waals surface area contributed by atoms with Crippen molar-refractivity contribution in [1.29, 1.82) is 5.26 Å². The fourth-order valence-corrected chi connectivity index (χ4v) is 2.59. The molecule has 0 fully saturated rings. The molecule has 0 amide bonds. The summed E-state index contributed by atoms with van der Waals surface area (Å²) in [5.41, 5.74) is 2.54. The van der Waals surface area contributed by atoms with Crippen molar-refractivity contribution < 1.29 is 0 Å². The normalized spacial score (nSPS) is 12.8. The third kappa shape index (κ3) is 3.37. The van der Waals surface area contributed by atoms with Gasteiger partial charge in [-0.15, -0.1) is 11.6 Å². The molecule has 2 aromatic rings. The molecule has 1 atom stereocenters. The Hall–Kier alpha value is -1.57. The number of aromatic nitrogens is 2. The topological polar surface area (TPSA) is 44.9 Å². The molecule has 1 unspecified atom stereocenters. The maximum atomic E-state index is 9.06. The predicted octanol–water partition coefficient (Wildman–Crippen LogP) is 3.38. The summed E-state index contributed by atoms with van der Waals surface area (Å²) in [6.07, 6.45) is 1.13. The zero-order chi connectivity index (χ0) is 15.4. The Balaban J connectivity index is 2.30. The van der Waals surface area contributed by atoms with E-state index in [4.69, 9.17) is 16.9 Å². The van der Waals surface area contributed by atoms with Gasteiger partial charge in [0, 0.05) is 19.1 Å². The fourth-order valence-electron chi connectivity index (χ4n) is 2.38. The van der Waals surface area contributed by atoms with Crippen LogP contribution in [0.1, 0.15) is 31.7 Å². The van der Waals surface area contributed by atoms with Gasteiger partial charge < -0.3 is 9.47 Å². The van der Waals surface area contributed by atoms with E-state index in [9.17, 15) is 0 Å². The average molecular weight is 305 g/mol. The van der Waals surface area contributed by atoms with Gasteiger partial charge in [0.1, 0.15) is 5.82 Å². The van der Waals surface area contributed by atoms with Crippen LogP contribution in [0.25, 0.3) is 11.0 Å². The highest BCUT2D eigenvalue weighted by Gasteiger charge is 2.12. The summed E-state index contributed by atoms with van der Waals surface area (Å²) in [6.45, 7) is 6.18. The van der Waals surface area contributed by atoms with Crippen LogP contribution >= 0.6 is 11.6 Å². The molecule has 5 heteroatoms. The largest absolute Gasteiger partial charge is 0.326 e. The quantitative estimate of drug-likeness (QED) is 0.769. The van der Waals surface area contributed by atoms with Crippen molar-refractivity contribution >= 4 is 22.6 Å². The molecule has 21 heavy (non-hydrogen) atoms. The predicted molar refractivity (Wildman–Crippen MR) is 86.4 cm³/mol. The van der Waals surface area contributed by atoms with Crippen LogP contribution in [0, 0.1) is 11.3 Å². The van der Waals surface area contributed by atoms with Crippen LogP contribution < -0.4 is 0 Å². The second-order valence-electron chi connectivity index (χ2n) is 5.37. The summed E-state index contributed by atoms with van der Waals surface area (Å²) >= 11 is 6.02. The minimum Gasteiger partial charge on any atom is -0.326 e. The van der Waals surface area contributed by atoms with Gasteiger partial charge in [0.05, 0.1) is 28.5 Å². The first kappa shape index (κ1) is 15.8. The van der Waals surface area contributed by atoms with E-state index in [-0.39, 0.29) is 0 Å². The Labute approximate surface area is 130 Å². The summed E-state index contributed by atoms with van der Waals surface area (Å²) in [6, 6.07) is 8.30. The van der Waals surface area contributed by atoms with E-state index in [0.717, 1.165) is 36.4 Å². The SMILES string of the molecule is CCC(C)N(C)CCn1c(CCl)nc2ccc(C#N)cc21. The summed E-state index contributed by atoms with van der Waals surface area (Å²) < 4.78 is 2.13. The molecule has 0 aliphatic heterocycles. The Kier molecular flexibility index (Phi) is 5.22. The summed E-state index contributed by atoms with van der Waals surface area (Å²) in [5, 5.41) is 9.06. The maximum Gasteiger partial charge on any atom is 0.124 e. The Bertz CT molecular complexity index is 656. The summed E-state index contributed by atoms with van der Waals surface area (Å²) in [4.78, 5) is 6.88. The third-order valence-corrected chi connectivity index (χ3v) is 4.33. The van der Waals surface area contributed by atoms with Crippen LogP contribution in [-0.4, -0.2) is 34.1 Å². The first-order valence-corrected chi connectivity index (χ1v) is 7.79. The maximum absolute atomic E-state index is 9.06. The van der Waals surface area contributed by atoms with Crippen LogP contribution in [-0.2, 0) is 12.4 Å². The Morgan fingerprint density at radius 2 is 2.24 bits per heavy atom. The number of alkyl halides is 1. The molecule has 0 aliphatic carbocycles. The molecule has 1 aromatic heterocycles. The van der Waals surface area contributed by atoms with Crippen molar-refractivity contribution in [2.75, 3.05) is 13.6 Å². The van der Waals surface area contributed by atoms with Gasteiger partial charge in [0.2, 0.25) is 0 Å². The van der Waals surface area contributed by atoms with Gasteiger partial charge in [0.15, 0.2) is 0 Å². The molecule has 4 nitrogen and oxygen atoms in total. The van der Waals surface area contributed by atoms with Crippen molar-refractivity contribution in [2.45, 2.75) is 38.7 Å². The van der Waals surface area contributed by atoms with E-state index in [1.54, 1.807) is 6.07 Å². The van der Waals surface area contributed by atoms with Gasteiger partial charge in [-0.25, -0.2) is 4.98 Å². The monoisotopic (exact) mass is 304 g/mol. The van der Waals surface area contributed by atoms with Crippen LogP contribution in [0.3, 0.4) is 0 Å². The second kappa shape index (κ2) is 6.93. The van der Waals surface area contributed by atoms with Gasteiger partial charge in [-0.3, -0.25) is 0 Å². The average Bonchev–Trinajstić information content (AvgIpc) is 2.88. The number of halogens is 1. The van der Waals surface area contributed by atoms with Crippen molar-refractivity contribution in [1.82, 2.24) is 14.5 Å². The first-order chi connectivity index (χ1) is 10.1. The number of fused-ring (bicyclic) bond motifs is 1. The lowest BCUT2D eigenvalue weighted by Crippen LogP contribution is -2.31. The molecule has 0 N–H and O–H groups in total. The van der Waals surface area contributed by atoms with Crippen LogP contribution in [0.15, 0.2) is 18.2 Å². The lowest BCUT2D eigenvalue weighted by atomic mass is 10.2. The summed E-state index contributed by atoms with van der Waals surface area (Å²) in [7, 11) is 2.13. The molecule has 1 heterocycles. The minimum absolute atomic E-state index is 0.379. The van der Waals surface area contributed by atoms with Gasteiger partial charge in [0.25, 0.3) is 0 Å². The van der Waals surface area contributed by atoms with Gasteiger partial charge >= 0.3 is 0 Å². The van der Waals surface area contributed by atoms with E-state index in [1.807, 2.05) is 12.1 Å². The Morgan fingerprint density at radius 3 is 2.86 bits per heavy atom. The number of rotatable bonds is 6. The molecule has 0 radical (unpaired) electrons. The van der Waals surface area contributed by atoms with Gasteiger partial charge in [-0.2, -0.15) is 5.26 Å². The fraction of sp³-hybridized carbons (Fsp3) is 0.500. The van der Waals surface area contributed by atoms with Crippen LogP contribution in [0.2, 0.25) is 0 Å². The number of nitriles is 1. The lowest BCUT2D eigenvalue weighted by Gasteiger charge is -2.24. The number of hydrogen-bond acceptors (Lipinski definition) is 3. The molecular formula is C16H21ClN4. The summed E-state index contributed by atoms with van der Waals surface area (Å²) in [5.74, 6) is 1.24. The first-order valence-electron chi connectivity index (χ1n) is 7.26. The smallest absolute Gasteiger partial charge is 0.124 e. The zero-order valence-corrected chi connectivity index (χ0v) is 13.6. The van der Waals surface area contributed by atoms with E-state index in [2.05, 4.69) is 41.4 Å². The highest BCUT2D eigenvalue weighted by molar-refractivity contribution is 6.16. The molecule has 0 saturated carbocycles. The minimum atomic E-state index is 0.379. The zero-order valence-electron chi connectivity index (χ0n) is 12.8. The number of hydrogen-bond donors (Lipinski definition) is 0. The van der Waals surface area contributed by atoms with Crippen molar-refractivity contribution in [3.8, 4) is 6.07 Å². The Morgan fingerprint density at radius 1 is 1.48 bits per heavy atom. The van der Waals surface area contributed by atoms with Crippen molar-refractivity contribution in [2.24, 2.45) is 0 Å². The van der Waals surface area contributed by atoms with Gasteiger partial charge in [-0.05, 0) is 38.6 Å².